The summed E-state index contributed by atoms with van der Waals surface area (Å²) in [6.45, 7) is 11.4. The molecule has 380 valence electrons. The molecule has 0 aromatic carbocycles. The summed E-state index contributed by atoms with van der Waals surface area (Å²) in [5, 5.41) is 0. The van der Waals surface area contributed by atoms with E-state index in [1.807, 2.05) is 0 Å². The topological polar surface area (TPSA) is 78.9 Å². The second-order valence-electron chi connectivity index (χ2n) is 20.9. The summed E-state index contributed by atoms with van der Waals surface area (Å²) in [6, 6.07) is 0. The van der Waals surface area contributed by atoms with Gasteiger partial charge in [-0.1, -0.05) is 285 Å². The molecule has 1 atom stereocenters. The number of carbonyl (C=O) groups is 3. The molecular formula is C58H112O6. The van der Waals surface area contributed by atoms with Crippen molar-refractivity contribution in [3.63, 3.8) is 0 Å². The van der Waals surface area contributed by atoms with Gasteiger partial charge >= 0.3 is 17.9 Å². The summed E-state index contributed by atoms with van der Waals surface area (Å²) < 4.78 is 16.9. The van der Waals surface area contributed by atoms with E-state index in [2.05, 4.69) is 34.6 Å². The average Bonchev–Trinajstić information content (AvgIpc) is 3.27. The normalized spacial score (nSPS) is 12.0. The van der Waals surface area contributed by atoms with Crippen molar-refractivity contribution >= 4 is 17.9 Å². The van der Waals surface area contributed by atoms with Crippen molar-refractivity contribution in [2.45, 2.75) is 330 Å². The summed E-state index contributed by atoms with van der Waals surface area (Å²) in [7, 11) is 0. The molecule has 0 N–H and O–H groups in total. The van der Waals surface area contributed by atoms with Crippen molar-refractivity contribution in [3.8, 4) is 0 Å². The molecule has 0 aromatic rings. The average molecular weight is 906 g/mol. The maximum atomic E-state index is 12.8. The minimum atomic E-state index is -0.762. The van der Waals surface area contributed by atoms with Crippen LogP contribution < -0.4 is 0 Å². The van der Waals surface area contributed by atoms with Crippen molar-refractivity contribution in [2.75, 3.05) is 13.2 Å². The van der Waals surface area contributed by atoms with Crippen molar-refractivity contribution in [3.05, 3.63) is 0 Å². The first-order valence-electron chi connectivity index (χ1n) is 28.7. The summed E-state index contributed by atoms with van der Waals surface area (Å²) in [6.07, 6.45) is 53.8. The Morgan fingerprint density at radius 2 is 0.516 bits per heavy atom. The third-order valence-corrected chi connectivity index (χ3v) is 13.2. The fourth-order valence-electron chi connectivity index (χ4n) is 8.87. The Balaban J connectivity index is 4.24. The first kappa shape index (κ1) is 62.4. The van der Waals surface area contributed by atoms with Gasteiger partial charge in [-0.2, -0.15) is 0 Å². The second kappa shape index (κ2) is 50.8. The zero-order valence-electron chi connectivity index (χ0n) is 43.9. The quantitative estimate of drug-likeness (QED) is 0.0344. The third-order valence-electron chi connectivity index (χ3n) is 13.2. The zero-order valence-corrected chi connectivity index (χ0v) is 43.9. The Hall–Kier alpha value is -1.59. The smallest absolute Gasteiger partial charge is 0.306 e. The second-order valence-corrected chi connectivity index (χ2v) is 20.9. The number of hydrogen-bond acceptors (Lipinski definition) is 6. The largest absolute Gasteiger partial charge is 0.462 e. The lowest BCUT2D eigenvalue weighted by molar-refractivity contribution is -0.167. The van der Waals surface area contributed by atoms with E-state index in [0.29, 0.717) is 19.3 Å². The minimum absolute atomic E-state index is 0.0629. The van der Waals surface area contributed by atoms with Crippen LogP contribution in [0.3, 0.4) is 0 Å². The molecular weight excluding hydrogens is 793 g/mol. The summed E-state index contributed by atoms with van der Waals surface area (Å²) in [5.41, 5.74) is 0. The van der Waals surface area contributed by atoms with E-state index in [-0.39, 0.29) is 31.1 Å². The Bertz CT molecular complexity index is 978. The Kier molecular flexibility index (Phi) is 49.6. The molecule has 0 bridgehead atoms. The van der Waals surface area contributed by atoms with Gasteiger partial charge < -0.3 is 14.2 Å². The van der Waals surface area contributed by atoms with Crippen LogP contribution in [0.15, 0.2) is 0 Å². The fraction of sp³-hybridized carbons (Fsp3) is 0.948. The van der Waals surface area contributed by atoms with E-state index in [1.165, 1.54) is 212 Å². The number of esters is 3. The van der Waals surface area contributed by atoms with Gasteiger partial charge in [-0.3, -0.25) is 14.4 Å². The Morgan fingerprint density at radius 3 is 0.766 bits per heavy atom. The van der Waals surface area contributed by atoms with Gasteiger partial charge in [0, 0.05) is 19.3 Å². The lowest BCUT2D eigenvalue weighted by Gasteiger charge is -2.18. The number of ether oxygens (including phenoxy) is 3. The molecule has 0 aliphatic rings. The predicted molar refractivity (Wildman–Crippen MR) is 275 cm³/mol. The van der Waals surface area contributed by atoms with Gasteiger partial charge in [0.25, 0.3) is 0 Å². The van der Waals surface area contributed by atoms with Crippen LogP contribution in [0.5, 0.6) is 0 Å². The predicted octanol–water partition coefficient (Wildman–Crippen LogP) is 18.9. The molecule has 0 amide bonds. The molecule has 0 saturated carbocycles. The van der Waals surface area contributed by atoms with E-state index in [4.69, 9.17) is 14.2 Å². The summed E-state index contributed by atoms with van der Waals surface area (Å²) in [4.78, 5) is 38.1. The van der Waals surface area contributed by atoms with E-state index < -0.39 is 6.10 Å². The molecule has 0 heterocycles. The van der Waals surface area contributed by atoms with Gasteiger partial charge in [0.2, 0.25) is 0 Å². The number of carbonyl (C=O) groups excluding carboxylic acids is 3. The molecule has 0 radical (unpaired) electrons. The maximum Gasteiger partial charge on any atom is 0.306 e. The van der Waals surface area contributed by atoms with E-state index >= 15 is 0 Å². The summed E-state index contributed by atoms with van der Waals surface area (Å²) in [5.74, 6) is 0.836. The van der Waals surface area contributed by atoms with Crippen LogP contribution in [0.1, 0.15) is 324 Å². The van der Waals surface area contributed by atoms with Crippen LogP contribution in [-0.2, 0) is 28.6 Å². The molecule has 0 aliphatic carbocycles. The Labute approximate surface area is 399 Å². The highest BCUT2D eigenvalue weighted by molar-refractivity contribution is 5.71. The fourth-order valence-corrected chi connectivity index (χ4v) is 8.87. The number of rotatable bonds is 52. The molecule has 0 aliphatic heterocycles. The molecule has 0 unspecified atom stereocenters. The molecule has 0 aromatic heterocycles. The molecule has 64 heavy (non-hydrogen) atoms. The van der Waals surface area contributed by atoms with Crippen LogP contribution in [0.25, 0.3) is 0 Å². The van der Waals surface area contributed by atoms with Gasteiger partial charge in [-0.25, -0.2) is 0 Å². The minimum Gasteiger partial charge on any atom is -0.462 e. The van der Waals surface area contributed by atoms with E-state index in [0.717, 1.165) is 69.6 Å². The van der Waals surface area contributed by atoms with E-state index in [1.54, 1.807) is 0 Å². The van der Waals surface area contributed by atoms with Crippen molar-refractivity contribution in [1.29, 1.82) is 0 Å². The van der Waals surface area contributed by atoms with Crippen LogP contribution in [0.2, 0.25) is 0 Å². The molecule has 0 spiro atoms. The van der Waals surface area contributed by atoms with E-state index in [9.17, 15) is 14.4 Å². The molecule has 0 saturated heterocycles. The zero-order chi connectivity index (χ0) is 46.8. The van der Waals surface area contributed by atoms with Gasteiger partial charge in [0.05, 0.1) is 0 Å². The van der Waals surface area contributed by atoms with Crippen molar-refractivity contribution in [1.82, 2.24) is 0 Å². The highest BCUT2D eigenvalue weighted by atomic mass is 16.6. The van der Waals surface area contributed by atoms with Crippen molar-refractivity contribution in [2.24, 2.45) is 11.8 Å². The highest BCUT2D eigenvalue weighted by Gasteiger charge is 2.19. The lowest BCUT2D eigenvalue weighted by Crippen LogP contribution is -2.30. The van der Waals surface area contributed by atoms with Gasteiger partial charge in [-0.15, -0.1) is 0 Å². The van der Waals surface area contributed by atoms with Crippen LogP contribution in [0, 0.1) is 11.8 Å². The third kappa shape index (κ3) is 51.4. The van der Waals surface area contributed by atoms with Gasteiger partial charge in [0.1, 0.15) is 13.2 Å². The SMILES string of the molecule is CCCCCCCCCCCCCCC(=O)OC[C@@H](COC(=O)CCCCCCCCCCCCC(C)C)OC(=O)CCCCCCCCCCCCCCCCCCCCC(C)C. The standard InChI is InChI=1S/C58H112O6/c1-6-7-8-9-10-11-12-22-28-33-38-43-48-56(59)62-51-55(52-63-57(60)49-44-39-34-29-25-24-27-32-37-42-47-54(4)5)64-58(61)50-45-40-35-30-23-20-18-16-14-13-15-17-19-21-26-31-36-41-46-53(2)3/h53-55H,6-52H2,1-5H3/t55-/m0/s1. The van der Waals surface area contributed by atoms with Gasteiger partial charge in [-0.05, 0) is 31.1 Å². The first-order chi connectivity index (χ1) is 31.2. The van der Waals surface area contributed by atoms with Crippen LogP contribution in [0.4, 0.5) is 0 Å². The maximum absolute atomic E-state index is 12.8. The van der Waals surface area contributed by atoms with Crippen LogP contribution >= 0.6 is 0 Å². The van der Waals surface area contributed by atoms with Crippen LogP contribution in [-0.4, -0.2) is 37.2 Å². The van der Waals surface area contributed by atoms with Gasteiger partial charge in [0.15, 0.2) is 6.10 Å². The molecule has 0 fully saturated rings. The van der Waals surface area contributed by atoms with Crippen molar-refractivity contribution < 1.29 is 28.6 Å². The lowest BCUT2D eigenvalue weighted by atomic mass is 10.0. The highest BCUT2D eigenvalue weighted by Crippen LogP contribution is 2.18. The molecule has 6 nitrogen and oxygen atoms in total. The Morgan fingerprint density at radius 1 is 0.297 bits per heavy atom. The summed E-state index contributed by atoms with van der Waals surface area (Å²) >= 11 is 0. The number of hydrogen-bond donors (Lipinski definition) is 0. The monoisotopic (exact) mass is 905 g/mol. The molecule has 0 rings (SSSR count). The number of unbranched alkanes of at least 4 members (excludes halogenated alkanes) is 37. The first-order valence-corrected chi connectivity index (χ1v) is 28.7. The molecule has 6 heteroatoms.